The van der Waals surface area contributed by atoms with E-state index in [9.17, 15) is 9.18 Å². The van der Waals surface area contributed by atoms with Gasteiger partial charge in [-0.15, -0.1) is 0 Å². The van der Waals surface area contributed by atoms with E-state index in [1.807, 2.05) is 11.9 Å². The van der Waals surface area contributed by atoms with Gasteiger partial charge >= 0.3 is 0 Å². The van der Waals surface area contributed by atoms with Crippen molar-refractivity contribution in [2.75, 3.05) is 20.1 Å². The molecule has 1 aliphatic carbocycles. The maximum atomic E-state index is 13.0. The van der Waals surface area contributed by atoms with Crippen molar-refractivity contribution in [2.24, 2.45) is 11.8 Å². The summed E-state index contributed by atoms with van der Waals surface area (Å²) < 4.78 is 13.0. The maximum Gasteiger partial charge on any atom is 0.176 e. The number of nitrogens with zero attached hydrogens (tertiary/aromatic N) is 1. The summed E-state index contributed by atoms with van der Waals surface area (Å²) in [5.74, 6) is 1.16. The highest BCUT2D eigenvalue weighted by Crippen LogP contribution is 2.37. The van der Waals surface area contributed by atoms with Crippen LogP contribution < -0.4 is 0 Å². The van der Waals surface area contributed by atoms with Gasteiger partial charge in [0.1, 0.15) is 5.82 Å². The molecule has 3 heteroatoms. The maximum absolute atomic E-state index is 13.0. The summed E-state index contributed by atoms with van der Waals surface area (Å²) in [5.41, 5.74) is 0.459. The van der Waals surface area contributed by atoms with E-state index in [4.69, 9.17) is 0 Å². The van der Waals surface area contributed by atoms with Gasteiger partial charge in [0.05, 0.1) is 6.54 Å². The topological polar surface area (TPSA) is 20.3 Å². The molecule has 17 heavy (non-hydrogen) atoms. The molecule has 2 unspecified atom stereocenters. The molecule has 1 aliphatic rings. The van der Waals surface area contributed by atoms with E-state index in [0.717, 1.165) is 18.4 Å². The van der Waals surface area contributed by atoms with Crippen LogP contribution in [0.1, 0.15) is 23.7 Å². The minimum atomic E-state index is -0.352. The van der Waals surface area contributed by atoms with Gasteiger partial charge in [0.25, 0.3) is 0 Å². The lowest BCUT2D eigenvalue weighted by molar-refractivity contribution is 0.0943. The van der Waals surface area contributed by atoms with E-state index < -0.39 is 0 Å². The average molecular weight is 235 g/mol. The zero-order valence-corrected chi connectivity index (χ0v) is 10.3. The van der Waals surface area contributed by atoms with E-state index in [1.54, 1.807) is 12.1 Å². The number of Topliss-reactive ketones (excluding diaryl/α,β-unsaturated/α-hetero) is 1. The Morgan fingerprint density at radius 1 is 1.53 bits per heavy atom. The summed E-state index contributed by atoms with van der Waals surface area (Å²) in [5, 5.41) is 0. The van der Waals surface area contributed by atoms with Crippen molar-refractivity contribution in [1.82, 2.24) is 4.90 Å². The van der Waals surface area contributed by atoms with E-state index in [0.29, 0.717) is 12.1 Å². The molecule has 92 valence electrons. The third-order valence-electron chi connectivity index (χ3n) is 3.38. The van der Waals surface area contributed by atoms with Gasteiger partial charge in [-0.1, -0.05) is 19.1 Å². The second kappa shape index (κ2) is 4.96. The number of ketones is 1. The van der Waals surface area contributed by atoms with Gasteiger partial charge in [-0.2, -0.15) is 0 Å². The van der Waals surface area contributed by atoms with E-state index in [2.05, 4.69) is 6.92 Å². The van der Waals surface area contributed by atoms with Crippen molar-refractivity contribution in [3.05, 3.63) is 35.6 Å². The number of hydrogen-bond acceptors (Lipinski definition) is 2. The van der Waals surface area contributed by atoms with Crippen molar-refractivity contribution in [2.45, 2.75) is 13.3 Å². The zero-order chi connectivity index (χ0) is 12.4. The summed E-state index contributed by atoms with van der Waals surface area (Å²) in [6, 6.07) is 5.90. The number of carbonyl (C=O) groups excluding carboxylic acids is 1. The standard InChI is InChI=1S/C14H18FNO/c1-10-6-12(10)8-16(2)9-14(17)11-4-3-5-13(15)7-11/h3-5,7,10,12H,6,8-9H2,1-2H3. The molecule has 0 N–H and O–H groups in total. The van der Waals surface area contributed by atoms with Crippen LogP contribution in [0.15, 0.2) is 24.3 Å². The number of likely N-dealkylation sites (N-methyl/N-ethyl adjacent to an activating group) is 1. The molecule has 0 bridgehead atoms. The quantitative estimate of drug-likeness (QED) is 0.731. The summed E-state index contributed by atoms with van der Waals surface area (Å²) in [7, 11) is 1.95. The first-order valence-corrected chi connectivity index (χ1v) is 6.03. The Balaban J connectivity index is 1.88. The predicted molar refractivity (Wildman–Crippen MR) is 65.5 cm³/mol. The molecule has 1 fully saturated rings. The Morgan fingerprint density at radius 3 is 2.82 bits per heavy atom. The van der Waals surface area contributed by atoms with Crippen LogP contribution in [0.2, 0.25) is 0 Å². The first-order valence-electron chi connectivity index (χ1n) is 6.03. The van der Waals surface area contributed by atoms with Crippen LogP contribution in [0, 0.1) is 17.7 Å². The normalized spacial score (nSPS) is 22.8. The fraction of sp³-hybridized carbons (Fsp3) is 0.500. The lowest BCUT2D eigenvalue weighted by Gasteiger charge is -2.15. The Morgan fingerprint density at radius 2 is 2.24 bits per heavy atom. The van der Waals surface area contributed by atoms with Crippen LogP contribution in [0.4, 0.5) is 4.39 Å². The van der Waals surface area contributed by atoms with Gasteiger partial charge in [0.15, 0.2) is 5.78 Å². The molecule has 2 nitrogen and oxygen atoms in total. The summed E-state index contributed by atoms with van der Waals surface area (Å²) >= 11 is 0. The third-order valence-corrected chi connectivity index (χ3v) is 3.38. The first-order chi connectivity index (χ1) is 8.06. The molecule has 0 aromatic heterocycles. The molecule has 2 rings (SSSR count). The van der Waals surface area contributed by atoms with Gasteiger partial charge in [-0.3, -0.25) is 9.69 Å². The lowest BCUT2D eigenvalue weighted by Crippen LogP contribution is -2.28. The van der Waals surface area contributed by atoms with Gasteiger partial charge in [-0.25, -0.2) is 4.39 Å². The van der Waals surface area contributed by atoms with Gasteiger partial charge in [-0.05, 0) is 37.4 Å². The second-order valence-corrected chi connectivity index (χ2v) is 5.10. The Labute approximate surface area is 101 Å². The minimum absolute atomic E-state index is 0.0136. The largest absolute Gasteiger partial charge is 0.299 e. The van der Waals surface area contributed by atoms with Crippen LogP contribution in [0.5, 0.6) is 0 Å². The molecule has 0 aliphatic heterocycles. The van der Waals surface area contributed by atoms with Crippen molar-refractivity contribution < 1.29 is 9.18 Å². The SMILES string of the molecule is CC1CC1CN(C)CC(=O)c1cccc(F)c1. The fourth-order valence-corrected chi connectivity index (χ4v) is 2.12. The van der Waals surface area contributed by atoms with Crippen LogP contribution in [-0.4, -0.2) is 30.8 Å². The van der Waals surface area contributed by atoms with Crippen LogP contribution >= 0.6 is 0 Å². The zero-order valence-electron chi connectivity index (χ0n) is 10.3. The number of rotatable bonds is 5. The van der Waals surface area contributed by atoms with Crippen molar-refractivity contribution in [1.29, 1.82) is 0 Å². The monoisotopic (exact) mass is 235 g/mol. The Bertz CT molecular complexity index is 418. The predicted octanol–water partition coefficient (Wildman–Crippen LogP) is 2.60. The van der Waals surface area contributed by atoms with Crippen molar-refractivity contribution in [3.8, 4) is 0 Å². The number of benzene rings is 1. The van der Waals surface area contributed by atoms with Crippen LogP contribution in [-0.2, 0) is 0 Å². The summed E-state index contributed by atoms with van der Waals surface area (Å²) in [6.45, 7) is 3.56. The van der Waals surface area contributed by atoms with Gasteiger partial charge in [0, 0.05) is 12.1 Å². The molecule has 1 aromatic rings. The molecule has 0 radical (unpaired) electrons. The average Bonchev–Trinajstić information content (AvgIpc) is 2.93. The highest BCUT2D eigenvalue weighted by molar-refractivity contribution is 5.97. The Hall–Kier alpha value is -1.22. The molecule has 1 saturated carbocycles. The number of hydrogen-bond donors (Lipinski definition) is 0. The smallest absolute Gasteiger partial charge is 0.176 e. The highest BCUT2D eigenvalue weighted by Gasteiger charge is 2.33. The minimum Gasteiger partial charge on any atom is -0.299 e. The molecule has 1 aromatic carbocycles. The van der Waals surface area contributed by atoms with E-state index in [1.165, 1.54) is 18.6 Å². The molecular weight excluding hydrogens is 217 g/mol. The van der Waals surface area contributed by atoms with E-state index in [-0.39, 0.29) is 11.6 Å². The van der Waals surface area contributed by atoms with Gasteiger partial charge in [0.2, 0.25) is 0 Å². The molecule has 0 spiro atoms. The number of halogens is 1. The van der Waals surface area contributed by atoms with Crippen molar-refractivity contribution in [3.63, 3.8) is 0 Å². The fourth-order valence-electron chi connectivity index (χ4n) is 2.12. The molecule has 0 saturated heterocycles. The first kappa shape index (κ1) is 12.2. The van der Waals surface area contributed by atoms with E-state index >= 15 is 0 Å². The van der Waals surface area contributed by atoms with Crippen LogP contribution in [0.3, 0.4) is 0 Å². The molecule has 0 heterocycles. The number of carbonyl (C=O) groups is 1. The summed E-state index contributed by atoms with van der Waals surface area (Å²) in [6.07, 6.45) is 1.26. The third kappa shape index (κ3) is 3.37. The highest BCUT2D eigenvalue weighted by atomic mass is 19.1. The van der Waals surface area contributed by atoms with Gasteiger partial charge < -0.3 is 0 Å². The molecule has 2 atom stereocenters. The van der Waals surface area contributed by atoms with Crippen LogP contribution in [0.25, 0.3) is 0 Å². The molecular formula is C14H18FNO. The molecule has 0 amide bonds. The summed E-state index contributed by atoms with van der Waals surface area (Å²) in [4.78, 5) is 13.9. The Kier molecular flexibility index (Phi) is 3.57. The lowest BCUT2D eigenvalue weighted by atomic mass is 10.1. The second-order valence-electron chi connectivity index (χ2n) is 5.10. The van der Waals surface area contributed by atoms with Crippen molar-refractivity contribution >= 4 is 5.78 Å².